The van der Waals surface area contributed by atoms with E-state index in [1.165, 1.54) is 16.7 Å². The number of aromatic nitrogens is 2. The molecule has 15 heteroatoms. The number of halogens is 2. The first-order valence-electron chi connectivity index (χ1n) is 15.6. The second-order valence-corrected chi connectivity index (χ2v) is 11.7. The van der Waals surface area contributed by atoms with Gasteiger partial charge in [-0.3, -0.25) is 14.4 Å². The van der Waals surface area contributed by atoms with E-state index in [4.69, 9.17) is 25.9 Å². The lowest BCUT2D eigenvalue weighted by Gasteiger charge is -2.35. The highest BCUT2D eigenvalue weighted by molar-refractivity contribution is 5.92. The monoisotopic (exact) mass is 655 g/mol. The number of esters is 2. The van der Waals surface area contributed by atoms with Gasteiger partial charge in [-0.05, 0) is 49.9 Å². The molecule has 1 aromatic carbocycles. The zero-order chi connectivity index (χ0) is 33.7. The Morgan fingerprint density at radius 2 is 1.87 bits per heavy atom. The average molecular weight is 656 g/mol. The fourth-order valence-corrected chi connectivity index (χ4v) is 6.47. The topological polar surface area (TPSA) is 187 Å². The maximum atomic E-state index is 13.9. The molecule has 47 heavy (non-hydrogen) atoms. The number of nitrogens with one attached hydrogen (secondary N) is 1. The van der Waals surface area contributed by atoms with Crippen molar-refractivity contribution in [3.8, 4) is 22.9 Å². The van der Waals surface area contributed by atoms with Gasteiger partial charge in [0.15, 0.2) is 11.5 Å². The smallest absolute Gasteiger partial charge is 0.457 e. The van der Waals surface area contributed by atoms with Crippen molar-refractivity contribution in [2.75, 3.05) is 13.1 Å². The summed E-state index contributed by atoms with van der Waals surface area (Å²) >= 11 is 0. The predicted molar refractivity (Wildman–Crippen MR) is 162 cm³/mol. The highest BCUT2D eigenvalue weighted by Crippen LogP contribution is 2.46. The minimum atomic E-state index is -3.80. The van der Waals surface area contributed by atoms with Crippen LogP contribution in [-0.2, 0) is 49.0 Å². The van der Waals surface area contributed by atoms with Gasteiger partial charge in [-0.2, -0.15) is 0 Å². The quantitative estimate of drug-likeness (QED) is 0.159. The molecule has 0 bridgehead atoms. The number of cyclic esters (lactones) is 1. The second kappa shape index (κ2) is 12.2. The lowest BCUT2D eigenvalue weighted by atomic mass is 9.85. The van der Waals surface area contributed by atoms with Gasteiger partial charge in [-0.1, -0.05) is 20.3 Å². The first-order valence-corrected chi connectivity index (χ1v) is 15.6. The number of carbonyl (C=O) groups excluding carboxylic acids is 3. The summed E-state index contributed by atoms with van der Waals surface area (Å²) in [4.78, 5) is 57.4. The number of alkyl halides is 2. The van der Waals surface area contributed by atoms with Crippen LogP contribution in [0.15, 0.2) is 23.0 Å². The molecule has 0 saturated carbocycles. The summed E-state index contributed by atoms with van der Waals surface area (Å²) in [6.45, 7) is 3.78. The molecule has 0 saturated heterocycles. The van der Waals surface area contributed by atoms with E-state index in [2.05, 4.69) is 14.8 Å². The molecule has 3 aliphatic heterocycles. The van der Waals surface area contributed by atoms with Gasteiger partial charge in [-0.25, -0.2) is 9.78 Å². The van der Waals surface area contributed by atoms with Crippen molar-refractivity contribution in [1.82, 2.24) is 14.9 Å². The first-order chi connectivity index (χ1) is 22.4. The van der Waals surface area contributed by atoms with Crippen LogP contribution in [0.3, 0.4) is 0 Å². The number of amides is 1. The Morgan fingerprint density at radius 3 is 2.57 bits per heavy atom. The number of fused-ring (bicyclic) bond motifs is 6. The molecule has 3 aromatic rings. The number of nitrogens with zero attached hydrogens (tertiary/aromatic N) is 2. The third-order valence-electron chi connectivity index (χ3n) is 8.87. The largest absolute Gasteiger partial charge is 0.586 e. The van der Waals surface area contributed by atoms with Gasteiger partial charge < -0.3 is 40.3 Å². The van der Waals surface area contributed by atoms with E-state index >= 15 is 0 Å². The fraction of sp³-hybridized carbons (Fsp3) is 0.469. The molecule has 13 nitrogen and oxygen atoms in total. The van der Waals surface area contributed by atoms with Crippen molar-refractivity contribution in [2.24, 2.45) is 11.5 Å². The van der Waals surface area contributed by atoms with Crippen LogP contribution < -0.4 is 31.8 Å². The lowest BCUT2D eigenvalue weighted by Crippen LogP contribution is -2.48. The van der Waals surface area contributed by atoms with Crippen molar-refractivity contribution < 1.29 is 42.1 Å². The van der Waals surface area contributed by atoms with Gasteiger partial charge in [0.1, 0.15) is 6.61 Å². The Bertz CT molecular complexity index is 1860. The molecular formula is C32H35F2N5O8. The number of carbonyl (C=O) groups is 3. The van der Waals surface area contributed by atoms with Gasteiger partial charge in [0.25, 0.3) is 5.56 Å². The molecule has 250 valence electrons. The summed E-state index contributed by atoms with van der Waals surface area (Å²) in [6, 6.07) is 3.69. The molecule has 5 N–H and O–H groups in total. The number of nitrogens with two attached hydrogens (primary N) is 2. The maximum Gasteiger partial charge on any atom is 0.586 e. The maximum absolute atomic E-state index is 13.9. The summed E-state index contributed by atoms with van der Waals surface area (Å²) in [5, 5.41) is 3.19. The highest BCUT2D eigenvalue weighted by atomic mass is 19.3. The van der Waals surface area contributed by atoms with Gasteiger partial charge in [0, 0.05) is 29.1 Å². The first kappa shape index (κ1) is 32.3. The van der Waals surface area contributed by atoms with Gasteiger partial charge in [-0.15, -0.1) is 8.78 Å². The van der Waals surface area contributed by atoms with Crippen LogP contribution >= 0.6 is 0 Å². The van der Waals surface area contributed by atoms with Crippen molar-refractivity contribution in [3.63, 3.8) is 0 Å². The third-order valence-corrected chi connectivity index (χ3v) is 8.87. The Hall–Kier alpha value is -4.63. The standard InChI is InChI=1S/C32H35F2N5O8/c1-3-16-17-11-24-25(46-32(33,34)45-24)13-22(17)38-27-18(16)14-39-23(27)12-20-19(29(39)42)15-44-30(43)31(20,4-2)47-26(40)8-10-37-28(41)21(36)7-5-6-9-35/h11-13,21H,3-10,14-15,35-36H2,1-2H3,(H,37,41)/t21-,31-/m0/s1. The molecular weight excluding hydrogens is 620 g/mol. The zero-order valence-electron chi connectivity index (χ0n) is 26.0. The number of ether oxygens (including phenoxy) is 4. The van der Waals surface area contributed by atoms with Gasteiger partial charge in [0.05, 0.1) is 41.5 Å². The molecule has 1 amide bonds. The predicted octanol–water partition coefficient (Wildman–Crippen LogP) is 2.48. The van der Waals surface area contributed by atoms with Gasteiger partial charge in [0.2, 0.25) is 11.5 Å². The number of unbranched alkanes of at least 4 members (excludes halogenated alkanes) is 1. The molecule has 0 aliphatic carbocycles. The minimum Gasteiger partial charge on any atom is -0.457 e. The number of pyridine rings is 2. The molecule has 0 radical (unpaired) electrons. The van der Waals surface area contributed by atoms with E-state index < -0.39 is 41.3 Å². The SMILES string of the molecule is CCc1c2c(nc3cc4c(cc13)OC(F)(F)O4)-c1cc3c(c(=O)n1C2)COC(=O)[C@@]3(CC)OC(=O)CCNC(=O)[C@@H](N)CCCCN. The van der Waals surface area contributed by atoms with Crippen molar-refractivity contribution in [2.45, 2.75) is 83.5 Å². The van der Waals surface area contributed by atoms with Gasteiger partial charge >= 0.3 is 18.2 Å². The summed E-state index contributed by atoms with van der Waals surface area (Å²) in [5.74, 6) is -2.32. The van der Waals surface area contributed by atoms with Crippen LogP contribution in [0.2, 0.25) is 0 Å². The Labute approximate surface area is 267 Å². The minimum absolute atomic E-state index is 0.0399. The van der Waals surface area contributed by atoms with Crippen LogP contribution in [0.4, 0.5) is 8.78 Å². The Balaban J connectivity index is 1.32. The van der Waals surface area contributed by atoms with E-state index in [0.29, 0.717) is 53.7 Å². The molecule has 0 spiro atoms. The number of rotatable bonds is 11. The third kappa shape index (κ3) is 5.56. The zero-order valence-corrected chi connectivity index (χ0v) is 26.0. The highest BCUT2D eigenvalue weighted by Gasteiger charge is 2.50. The second-order valence-electron chi connectivity index (χ2n) is 11.7. The van der Waals surface area contributed by atoms with Crippen LogP contribution in [-0.4, -0.2) is 52.8 Å². The molecule has 2 atom stereocenters. The van der Waals surface area contributed by atoms with Crippen LogP contribution in [0, 0.1) is 0 Å². The lowest BCUT2D eigenvalue weighted by molar-refractivity contribution is -0.286. The van der Waals surface area contributed by atoms with E-state index in [1.54, 1.807) is 13.0 Å². The molecule has 3 aliphatic rings. The van der Waals surface area contributed by atoms with E-state index in [1.807, 2.05) is 6.92 Å². The normalized spacial score (nSPS) is 19.1. The van der Waals surface area contributed by atoms with Crippen LogP contribution in [0.1, 0.15) is 68.2 Å². The molecule has 0 fully saturated rings. The van der Waals surface area contributed by atoms with E-state index in [9.17, 15) is 28.0 Å². The van der Waals surface area contributed by atoms with Crippen molar-refractivity contribution in [3.05, 3.63) is 50.8 Å². The van der Waals surface area contributed by atoms with Crippen LogP contribution in [0.5, 0.6) is 11.5 Å². The summed E-state index contributed by atoms with van der Waals surface area (Å²) in [6.07, 6.45) is -1.73. The summed E-state index contributed by atoms with van der Waals surface area (Å²) in [5.41, 5.74) is 12.0. The number of benzene rings is 1. The van der Waals surface area contributed by atoms with Crippen molar-refractivity contribution >= 4 is 28.7 Å². The van der Waals surface area contributed by atoms with Crippen molar-refractivity contribution in [1.29, 1.82) is 0 Å². The number of aryl methyl sites for hydroxylation is 1. The average Bonchev–Trinajstić information content (AvgIpc) is 3.55. The molecule has 6 rings (SSSR count). The number of hydrogen-bond donors (Lipinski definition) is 3. The molecule has 2 aromatic heterocycles. The summed E-state index contributed by atoms with van der Waals surface area (Å²) < 4.78 is 49.6. The fourth-order valence-electron chi connectivity index (χ4n) is 6.47. The summed E-state index contributed by atoms with van der Waals surface area (Å²) in [7, 11) is 0. The van der Waals surface area contributed by atoms with E-state index in [-0.39, 0.29) is 55.2 Å². The van der Waals surface area contributed by atoms with E-state index in [0.717, 1.165) is 12.0 Å². The Kier molecular flexibility index (Phi) is 8.38. The number of hydrogen-bond acceptors (Lipinski definition) is 11. The molecule has 5 heterocycles. The molecule has 0 unspecified atom stereocenters. The Morgan fingerprint density at radius 1 is 1.13 bits per heavy atom. The van der Waals surface area contributed by atoms with Crippen LogP contribution in [0.25, 0.3) is 22.3 Å².